The quantitative estimate of drug-likeness (QED) is 0.737. The Morgan fingerprint density at radius 3 is 2.82 bits per heavy atom. The van der Waals surface area contributed by atoms with Gasteiger partial charge in [-0.05, 0) is 13.5 Å². The summed E-state index contributed by atoms with van der Waals surface area (Å²) in [6, 6.07) is 0. The van der Waals surface area contributed by atoms with Gasteiger partial charge in [0.25, 0.3) is 0 Å². The Morgan fingerprint density at radius 1 is 1.41 bits per heavy atom. The normalized spacial score (nSPS) is 11.9. The molecule has 0 saturated heterocycles. The zero-order valence-electron chi connectivity index (χ0n) is 10.5. The van der Waals surface area contributed by atoms with E-state index in [1.807, 2.05) is 24.7 Å². The van der Waals surface area contributed by atoms with Gasteiger partial charge in [0.05, 0.1) is 17.8 Å². The van der Waals surface area contributed by atoms with E-state index in [0.29, 0.717) is 13.0 Å². The maximum absolute atomic E-state index is 11.5. The molecular weight excluding hydrogens is 238 g/mol. The Kier molecular flexibility index (Phi) is 5.64. The van der Waals surface area contributed by atoms with E-state index >= 15 is 0 Å². The van der Waals surface area contributed by atoms with Crippen LogP contribution >= 0.6 is 0 Å². The summed E-state index contributed by atoms with van der Waals surface area (Å²) in [6.07, 6.45) is 5.16. The number of aryl methyl sites for hydroxylation is 1. The Hall–Kier alpha value is -0.880. The van der Waals surface area contributed by atoms with Gasteiger partial charge in [0.15, 0.2) is 9.84 Å². The van der Waals surface area contributed by atoms with Gasteiger partial charge in [-0.3, -0.25) is 0 Å². The minimum atomic E-state index is -2.90. The van der Waals surface area contributed by atoms with Crippen molar-refractivity contribution < 1.29 is 8.42 Å². The van der Waals surface area contributed by atoms with E-state index in [9.17, 15) is 8.42 Å². The molecule has 0 aliphatic heterocycles. The average Bonchev–Trinajstić information content (AvgIpc) is 2.72. The summed E-state index contributed by atoms with van der Waals surface area (Å²) < 4.78 is 24.9. The molecule has 0 unspecified atom stereocenters. The number of sulfone groups is 1. The molecule has 0 atom stereocenters. The van der Waals surface area contributed by atoms with Gasteiger partial charge in [-0.1, -0.05) is 6.92 Å². The number of nitrogens with zero attached hydrogens (tertiary/aromatic N) is 2. The van der Waals surface area contributed by atoms with Crippen molar-refractivity contribution in [3.63, 3.8) is 0 Å². The van der Waals surface area contributed by atoms with Crippen molar-refractivity contribution in [3.05, 3.63) is 18.2 Å². The summed E-state index contributed by atoms with van der Waals surface area (Å²) in [5.74, 6) is 0.469. The third-order valence-electron chi connectivity index (χ3n) is 2.49. The molecule has 0 fully saturated rings. The van der Waals surface area contributed by atoms with Gasteiger partial charge < -0.3 is 9.88 Å². The fraction of sp³-hybridized carbons (Fsp3) is 0.727. The van der Waals surface area contributed by atoms with Crippen molar-refractivity contribution in [3.8, 4) is 0 Å². The van der Waals surface area contributed by atoms with Crippen LogP contribution < -0.4 is 5.32 Å². The standard InChI is InChI=1S/C11H21N3O2S/c1-3-7-17(15,16)8-6-14-9-11(13-10-14)4-5-12-2/h9-10,12H,3-8H2,1-2H3. The Bertz CT molecular complexity index is 426. The second-order valence-electron chi connectivity index (χ2n) is 4.11. The molecule has 17 heavy (non-hydrogen) atoms. The lowest BCUT2D eigenvalue weighted by atomic mass is 10.3. The van der Waals surface area contributed by atoms with Crippen LogP contribution in [-0.4, -0.2) is 43.1 Å². The number of likely N-dealkylation sites (N-methyl/N-ethyl adjacent to an activating group) is 1. The van der Waals surface area contributed by atoms with Crippen LogP contribution in [0.5, 0.6) is 0 Å². The highest BCUT2D eigenvalue weighted by Crippen LogP contribution is 2.00. The van der Waals surface area contributed by atoms with Crippen LogP contribution in [0.15, 0.2) is 12.5 Å². The number of rotatable bonds is 8. The lowest BCUT2D eigenvalue weighted by Gasteiger charge is -2.03. The van der Waals surface area contributed by atoms with Crippen molar-refractivity contribution in [1.29, 1.82) is 0 Å². The molecule has 1 N–H and O–H groups in total. The molecule has 0 aliphatic rings. The largest absolute Gasteiger partial charge is 0.336 e. The van der Waals surface area contributed by atoms with Gasteiger partial charge in [0.2, 0.25) is 0 Å². The zero-order chi connectivity index (χ0) is 12.7. The van der Waals surface area contributed by atoms with Gasteiger partial charge in [0.1, 0.15) is 0 Å². The van der Waals surface area contributed by atoms with Crippen LogP contribution in [0.1, 0.15) is 19.0 Å². The molecule has 1 heterocycles. The predicted octanol–water partition coefficient (Wildman–Crippen LogP) is 0.470. The lowest BCUT2D eigenvalue weighted by molar-refractivity contribution is 0.587. The summed E-state index contributed by atoms with van der Waals surface area (Å²) in [5.41, 5.74) is 0.993. The molecule has 0 bridgehead atoms. The van der Waals surface area contributed by atoms with Crippen molar-refractivity contribution >= 4 is 9.84 Å². The molecular formula is C11H21N3O2S. The second kappa shape index (κ2) is 6.76. The highest BCUT2D eigenvalue weighted by molar-refractivity contribution is 7.91. The first kappa shape index (κ1) is 14.2. The summed E-state index contributed by atoms with van der Waals surface area (Å²) in [7, 11) is -1.00. The summed E-state index contributed by atoms with van der Waals surface area (Å²) >= 11 is 0. The maximum Gasteiger partial charge on any atom is 0.152 e. The third kappa shape index (κ3) is 5.32. The fourth-order valence-electron chi connectivity index (χ4n) is 1.57. The zero-order valence-corrected chi connectivity index (χ0v) is 11.3. The van der Waals surface area contributed by atoms with Gasteiger partial charge in [0, 0.05) is 31.5 Å². The highest BCUT2D eigenvalue weighted by Gasteiger charge is 2.09. The molecule has 0 aromatic carbocycles. The molecule has 5 nitrogen and oxygen atoms in total. The van der Waals surface area contributed by atoms with Crippen LogP contribution in [0.2, 0.25) is 0 Å². The van der Waals surface area contributed by atoms with Crippen LogP contribution in [0.4, 0.5) is 0 Å². The smallest absolute Gasteiger partial charge is 0.152 e. The van der Waals surface area contributed by atoms with E-state index in [0.717, 1.165) is 18.7 Å². The van der Waals surface area contributed by atoms with Crippen LogP contribution in [-0.2, 0) is 22.8 Å². The Balaban J connectivity index is 2.44. The van der Waals surface area contributed by atoms with Gasteiger partial charge in [-0.15, -0.1) is 0 Å². The van der Waals surface area contributed by atoms with Crippen LogP contribution in [0.3, 0.4) is 0 Å². The minimum absolute atomic E-state index is 0.197. The van der Waals surface area contributed by atoms with Gasteiger partial charge in [-0.2, -0.15) is 0 Å². The van der Waals surface area contributed by atoms with Crippen LogP contribution in [0.25, 0.3) is 0 Å². The maximum atomic E-state index is 11.5. The lowest BCUT2D eigenvalue weighted by Crippen LogP contribution is -2.15. The molecule has 0 aliphatic carbocycles. The predicted molar refractivity (Wildman–Crippen MR) is 68.8 cm³/mol. The van der Waals surface area contributed by atoms with Crippen molar-refractivity contribution in [2.45, 2.75) is 26.3 Å². The van der Waals surface area contributed by atoms with Gasteiger partial charge >= 0.3 is 0 Å². The Labute approximate surface area is 103 Å². The van der Waals surface area contributed by atoms with Crippen molar-refractivity contribution in [2.24, 2.45) is 0 Å². The van der Waals surface area contributed by atoms with Crippen molar-refractivity contribution in [2.75, 3.05) is 25.1 Å². The summed E-state index contributed by atoms with van der Waals surface area (Å²) in [4.78, 5) is 4.23. The van der Waals surface area contributed by atoms with E-state index in [-0.39, 0.29) is 11.5 Å². The number of nitrogens with one attached hydrogen (secondary N) is 1. The second-order valence-corrected chi connectivity index (χ2v) is 6.41. The molecule has 0 spiro atoms. The molecule has 1 aromatic heterocycles. The molecule has 1 rings (SSSR count). The third-order valence-corrected chi connectivity index (χ3v) is 4.33. The van der Waals surface area contributed by atoms with Gasteiger partial charge in [-0.25, -0.2) is 13.4 Å². The first-order valence-electron chi connectivity index (χ1n) is 5.93. The van der Waals surface area contributed by atoms with E-state index in [1.54, 1.807) is 6.33 Å². The van der Waals surface area contributed by atoms with E-state index in [1.165, 1.54) is 0 Å². The fourth-order valence-corrected chi connectivity index (χ4v) is 2.88. The SMILES string of the molecule is CCCS(=O)(=O)CCn1cnc(CCNC)c1. The number of hydrogen-bond acceptors (Lipinski definition) is 4. The molecule has 98 valence electrons. The molecule has 0 radical (unpaired) electrons. The monoisotopic (exact) mass is 259 g/mol. The summed E-state index contributed by atoms with van der Waals surface area (Å²) in [5, 5.41) is 3.05. The first-order valence-corrected chi connectivity index (χ1v) is 7.75. The van der Waals surface area contributed by atoms with E-state index in [4.69, 9.17) is 0 Å². The highest BCUT2D eigenvalue weighted by atomic mass is 32.2. The van der Waals surface area contributed by atoms with E-state index < -0.39 is 9.84 Å². The average molecular weight is 259 g/mol. The minimum Gasteiger partial charge on any atom is -0.336 e. The molecule has 0 amide bonds. The molecule has 0 saturated carbocycles. The number of aromatic nitrogens is 2. The summed E-state index contributed by atoms with van der Waals surface area (Å²) in [6.45, 7) is 3.25. The number of hydrogen-bond donors (Lipinski definition) is 1. The first-order chi connectivity index (χ1) is 8.07. The Morgan fingerprint density at radius 2 is 2.18 bits per heavy atom. The number of imidazole rings is 1. The van der Waals surface area contributed by atoms with E-state index in [2.05, 4.69) is 10.3 Å². The molecule has 6 heteroatoms. The van der Waals surface area contributed by atoms with Crippen LogP contribution in [0, 0.1) is 0 Å². The molecule has 1 aromatic rings. The topological polar surface area (TPSA) is 64.0 Å². The van der Waals surface area contributed by atoms with Crippen molar-refractivity contribution in [1.82, 2.24) is 14.9 Å².